The van der Waals surface area contributed by atoms with Crippen LogP contribution in [0.1, 0.15) is 25.0 Å². The van der Waals surface area contributed by atoms with Crippen molar-refractivity contribution < 1.29 is 13.3 Å². The molecule has 0 heterocycles. The Bertz CT molecular complexity index is 641. The zero-order valence-electron chi connectivity index (χ0n) is 12.6. The fraction of sp³-hybridized carbons (Fsp3) is 0.538. The summed E-state index contributed by atoms with van der Waals surface area (Å²) in [4.78, 5) is 10.0. The van der Waals surface area contributed by atoms with E-state index in [0.717, 1.165) is 0 Å². The second kappa shape index (κ2) is 6.50. The lowest BCUT2D eigenvalue weighted by Crippen LogP contribution is -2.40. The molecule has 0 spiro atoms. The molecule has 118 valence electrons. The molecule has 0 aromatic heterocycles. The molecule has 8 heteroatoms. The van der Waals surface area contributed by atoms with Gasteiger partial charge in [-0.15, -0.1) is 0 Å². The van der Waals surface area contributed by atoms with E-state index in [1.54, 1.807) is 13.8 Å². The van der Waals surface area contributed by atoms with Gasteiger partial charge in [0, 0.05) is 18.7 Å². The third-order valence-corrected chi connectivity index (χ3v) is 4.88. The molecule has 7 nitrogen and oxygen atoms in total. The highest BCUT2D eigenvalue weighted by Gasteiger charge is 2.27. The first-order valence-electron chi connectivity index (χ1n) is 6.57. The number of benzene rings is 1. The van der Waals surface area contributed by atoms with E-state index in [4.69, 9.17) is 5.73 Å². The van der Waals surface area contributed by atoms with Gasteiger partial charge in [-0.3, -0.25) is 10.1 Å². The van der Waals surface area contributed by atoms with Gasteiger partial charge in [-0.2, -0.15) is 0 Å². The van der Waals surface area contributed by atoms with Crippen molar-refractivity contribution in [3.8, 4) is 0 Å². The first kappa shape index (κ1) is 17.5. The van der Waals surface area contributed by atoms with Crippen LogP contribution in [0.5, 0.6) is 0 Å². The van der Waals surface area contributed by atoms with E-state index < -0.39 is 20.6 Å². The van der Waals surface area contributed by atoms with Crippen molar-refractivity contribution in [3.05, 3.63) is 33.4 Å². The maximum Gasteiger partial charge on any atom is 0.289 e. The molecule has 0 amide bonds. The highest BCUT2D eigenvalue weighted by atomic mass is 32.2. The molecule has 1 aromatic rings. The molecule has 1 rings (SSSR count). The van der Waals surface area contributed by atoms with Gasteiger partial charge in [0.15, 0.2) is 4.90 Å². The van der Waals surface area contributed by atoms with Crippen molar-refractivity contribution in [2.45, 2.75) is 38.6 Å². The smallest absolute Gasteiger partial charge is 0.289 e. The van der Waals surface area contributed by atoms with Gasteiger partial charge in [-0.1, -0.05) is 13.8 Å². The average Bonchev–Trinajstić information content (AvgIpc) is 2.38. The predicted molar refractivity (Wildman–Crippen MR) is 80.6 cm³/mol. The summed E-state index contributed by atoms with van der Waals surface area (Å²) in [5.74, 6) is 0.0995. The van der Waals surface area contributed by atoms with Gasteiger partial charge in [-0.25, -0.2) is 13.1 Å². The average molecular weight is 315 g/mol. The summed E-state index contributed by atoms with van der Waals surface area (Å²) in [6.07, 6.45) is 0. The molecular weight excluding hydrogens is 294 g/mol. The monoisotopic (exact) mass is 315 g/mol. The normalized spacial score (nSPS) is 13.4. The molecule has 1 unspecified atom stereocenters. The number of nitro groups is 1. The van der Waals surface area contributed by atoms with Crippen LogP contribution >= 0.6 is 0 Å². The van der Waals surface area contributed by atoms with Crippen LogP contribution < -0.4 is 10.5 Å². The lowest BCUT2D eigenvalue weighted by molar-refractivity contribution is -0.387. The molecule has 0 saturated carbocycles. The van der Waals surface area contributed by atoms with Crippen molar-refractivity contribution in [2.75, 3.05) is 6.54 Å². The SMILES string of the molecule is Cc1cc([N+](=O)[O-])c(S(=O)(=O)NCC(N)C(C)C)cc1C. The Balaban J connectivity index is 3.19. The molecule has 0 radical (unpaired) electrons. The summed E-state index contributed by atoms with van der Waals surface area (Å²) in [5, 5.41) is 11.1. The summed E-state index contributed by atoms with van der Waals surface area (Å²) < 4.78 is 26.9. The summed E-state index contributed by atoms with van der Waals surface area (Å²) >= 11 is 0. The maximum absolute atomic E-state index is 12.3. The highest BCUT2D eigenvalue weighted by Crippen LogP contribution is 2.27. The number of sulfonamides is 1. The summed E-state index contributed by atoms with van der Waals surface area (Å²) in [6.45, 7) is 7.18. The molecular formula is C13H21N3O4S. The Labute approximate surface area is 124 Å². The molecule has 3 N–H and O–H groups in total. The first-order chi connectivity index (χ1) is 9.56. The zero-order chi connectivity index (χ0) is 16.4. The molecule has 0 aliphatic rings. The van der Waals surface area contributed by atoms with E-state index in [0.29, 0.717) is 11.1 Å². The van der Waals surface area contributed by atoms with Crippen molar-refractivity contribution in [2.24, 2.45) is 11.7 Å². The Kier molecular flexibility index (Phi) is 5.43. The van der Waals surface area contributed by atoms with E-state index in [9.17, 15) is 18.5 Å². The highest BCUT2D eigenvalue weighted by molar-refractivity contribution is 7.89. The van der Waals surface area contributed by atoms with Gasteiger partial charge < -0.3 is 5.73 Å². The lowest BCUT2D eigenvalue weighted by atomic mass is 10.1. The molecule has 21 heavy (non-hydrogen) atoms. The molecule has 0 aliphatic heterocycles. The minimum Gasteiger partial charge on any atom is -0.326 e. The predicted octanol–water partition coefficient (Wildman–Crippen LogP) is 1.47. The largest absolute Gasteiger partial charge is 0.326 e. The minimum absolute atomic E-state index is 0.0318. The van der Waals surface area contributed by atoms with E-state index in [1.165, 1.54) is 12.1 Å². The van der Waals surface area contributed by atoms with Gasteiger partial charge in [0.2, 0.25) is 10.0 Å². The molecule has 0 fully saturated rings. The van der Waals surface area contributed by atoms with Gasteiger partial charge in [0.25, 0.3) is 5.69 Å². The Hall–Kier alpha value is -1.51. The Morgan fingerprint density at radius 3 is 2.29 bits per heavy atom. The van der Waals surface area contributed by atoms with Crippen LogP contribution in [0.25, 0.3) is 0 Å². The minimum atomic E-state index is -3.98. The van der Waals surface area contributed by atoms with Crippen LogP contribution in [0.4, 0.5) is 5.69 Å². The van der Waals surface area contributed by atoms with Crippen LogP contribution in [0, 0.1) is 29.9 Å². The fourth-order valence-electron chi connectivity index (χ4n) is 1.65. The Morgan fingerprint density at radius 1 is 1.29 bits per heavy atom. The number of nitro benzene ring substituents is 1. The van der Waals surface area contributed by atoms with Crippen LogP contribution in [-0.4, -0.2) is 25.9 Å². The molecule has 0 bridgehead atoms. The van der Waals surface area contributed by atoms with Gasteiger partial charge in [-0.05, 0) is 37.0 Å². The number of hydrogen-bond acceptors (Lipinski definition) is 5. The van der Waals surface area contributed by atoms with Crippen molar-refractivity contribution in [1.82, 2.24) is 4.72 Å². The van der Waals surface area contributed by atoms with E-state index in [-0.39, 0.29) is 23.4 Å². The van der Waals surface area contributed by atoms with Crippen molar-refractivity contribution in [3.63, 3.8) is 0 Å². The van der Waals surface area contributed by atoms with Crippen LogP contribution in [0.15, 0.2) is 17.0 Å². The van der Waals surface area contributed by atoms with Crippen molar-refractivity contribution in [1.29, 1.82) is 0 Å². The standard InChI is InChI=1S/C13H21N3O4S/c1-8(2)11(14)7-15-21(19,20)13-6-10(4)9(3)5-12(13)16(17)18/h5-6,8,11,15H,7,14H2,1-4H3. The van der Waals surface area contributed by atoms with E-state index in [2.05, 4.69) is 4.72 Å². The van der Waals surface area contributed by atoms with Crippen molar-refractivity contribution >= 4 is 15.7 Å². The second-order valence-corrected chi connectivity index (χ2v) is 7.16. The van der Waals surface area contributed by atoms with Crippen LogP contribution in [0.3, 0.4) is 0 Å². The number of nitrogens with two attached hydrogens (primary N) is 1. The summed E-state index contributed by atoms with van der Waals surface area (Å²) in [6, 6.07) is 2.23. The molecule has 0 saturated heterocycles. The lowest BCUT2D eigenvalue weighted by Gasteiger charge is -2.16. The maximum atomic E-state index is 12.3. The van der Waals surface area contributed by atoms with Gasteiger partial charge in [0.1, 0.15) is 0 Å². The summed E-state index contributed by atoms with van der Waals surface area (Å²) in [7, 11) is -3.98. The number of nitrogens with zero attached hydrogens (tertiary/aromatic N) is 1. The van der Waals surface area contributed by atoms with Gasteiger partial charge >= 0.3 is 0 Å². The number of aryl methyl sites for hydroxylation is 2. The van der Waals surface area contributed by atoms with Crippen LogP contribution in [0.2, 0.25) is 0 Å². The topological polar surface area (TPSA) is 115 Å². The third-order valence-electron chi connectivity index (χ3n) is 3.43. The van der Waals surface area contributed by atoms with E-state index in [1.807, 2.05) is 13.8 Å². The second-order valence-electron chi connectivity index (χ2n) is 5.42. The molecule has 1 aromatic carbocycles. The Morgan fingerprint density at radius 2 is 1.81 bits per heavy atom. The van der Waals surface area contributed by atoms with Gasteiger partial charge in [0.05, 0.1) is 4.92 Å². The number of hydrogen-bond donors (Lipinski definition) is 2. The zero-order valence-corrected chi connectivity index (χ0v) is 13.4. The molecule has 1 atom stereocenters. The van der Waals surface area contributed by atoms with E-state index >= 15 is 0 Å². The number of nitrogens with one attached hydrogen (secondary N) is 1. The number of rotatable bonds is 6. The summed E-state index contributed by atoms with van der Waals surface area (Å²) in [5.41, 5.74) is 6.71. The fourth-order valence-corrected chi connectivity index (χ4v) is 2.96. The third kappa shape index (κ3) is 4.23. The first-order valence-corrected chi connectivity index (χ1v) is 8.05. The van der Waals surface area contributed by atoms with Crippen LogP contribution in [-0.2, 0) is 10.0 Å². The molecule has 0 aliphatic carbocycles. The quantitative estimate of drug-likeness (QED) is 0.609.